The molecule has 3 heteroatoms. The minimum absolute atomic E-state index is 0.551. The Kier molecular flexibility index (Phi) is 3.12. The van der Waals surface area contributed by atoms with Crippen LogP contribution in [-0.2, 0) is 6.54 Å². The van der Waals surface area contributed by atoms with Crippen LogP contribution < -0.4 is 5.73 Å². The third kappa shape index (κ3) is 2.41. The average Bonchev–Trinajstić information content (AvgIpc) is 2.97. The van der Waals surface area contributed by atoms with Crippen LogP contribution in [-0.4, -0.2) is 9.55 Å². The summed E-state index contributed by atoms with van der Waals surface area (Å²) >= 11 is 0. The Morgan fingerprint density at radius 1 is 0.947 bits per heavy atom. The smallest absolute Gasteiger partial charge is 0.136 e. The van der Waals surface area contributed by atoms with Gasteiger partial charge >= 0.3 is 0 Å². The van der Waals surface area contributed by atoms with Crippen LogP contribution in [0.5, 0.6) is 0 Å². The summed E-state index contributed by atoms with van der Waals surface area (Å²) in [5.41, 5.74) is 9.01. The standard InChI is InChI=1S/C16H15N3/c17-10-13-8-9-19(12-13)16-7-6-15(11-18-16)14-4-2-1-3-5-14/h1-9,11-12H,10,17H2. The molecule has 3 rings (SSSR count). The van der Waals surface area contributed by atoms with Crippen LogP contribution in [0, 0.1) is 0 Å². The van der Waals surface area contributed by atoms with Gasteiger partial charge in [-0.15, -0.1) is 0 Å². The highest BCUT2D eigenvalue weighted by Crippen LogP contribution is 2.19. The molecule has 0 saturated carbocycles. The van der Waals surface area contributed by atoms with Crippen molar-refractivity contribution in [2.75, 3.05) is 0 Å². The van der Waals surface area contributed by atoms with Gasteiger partial charge in [-0.2, -0.15) is 0 Å². The minimum atomic E-state index is 0.551. The van der Waals surface area contributed by atoms with E-state index in [1.807, 2.05) is 53.5 Å². The summed E-state index contributed by atoms with van der Waals surface area (Å²) in [6.45, 7) is 0.551. The molecule has 3 aromatic rings. The molecule has 0 fully saturated rings. The van der Waals surface area contributed by atoms with Gasteiger partial charge in [-0.05, 0) is 29.3 Å². The molecule has 1 aromatic carbocycles. The molecule has 2 N–H and O–H groups in total. The van der Waals surface area contributed by atoms with Crippen molar-refractivity contribution < 1.29 is 0 Å². The van der Waals surface area contributed by atoms with Crippen LogP contribution in [0.3, 0.4) is 0 Å². The van der Waals surface area contributed by atoms with E-state index in [9.17, 15) is 0 Å². The summed E-state index contributed by atoms with van der Waals surface area (Å²) < 4.78 is 1.98. The van der Waals surface area contributed by atoms with E-state index in [1.165, 1.54) is 5.56 Å². The van der Waals surface area contributed by atoms with Crippen molar-refractivity contribution in [3.05, 3.63) is 72.7 Å². The Hall–Kier alpha value is -2.39. The number of aromatic nitrogens is 2. The molecule has 2 aromatic heterocycles. The van der Waals surface area contributed by atoms with Crippen molar-refractivity contribution in [2.24, 2.45) is 5.73 Å². The zero-order valence-corrected chi connectivity index (χ0v) is 10.5. The first-order valence-electron chi connectivity index (χ1n) is 6.25. The highest BCUT2D eigenvalue weighted by molar-refractivity contribution is 5.62. The largest absolute Gasteiger partial charge is 0.326 e. The highest BCUT2D eigenvalue weighted by atomic mass is 15.0. The summed E-state index contributed by atoms with van der Waals surface area (Å²) in [7, 11) is 0. The quantitative estimate of drug-likeness (QED) is 0.775. The SMILES string of the molecule is NCc1ccn(-c2ccc(-c3ccccc3)cn2)c1. The lowest BCUT2D eigenvalue weighted by atomic mass is 10.1. The first-order chi connectivity index (χ1) is 9.36. The summed E-state index contributed by atoms with van der Waals surface area (Å²) in [5.74, 6) is 0.902. The summed E-state index contributed by atoms with van der Waals surface area (Å²) in [5, 5.41) is 0. The van der Waals surface area contributed by atoms with Crippen molar-refractivity contribution in [1.82, 2.24) is 9.55 Å². The molecule has 0 bridgehead atoms. The highest BCUT2D eigenvalue weighted by Gasteiger charge is 2.01. The normalized spacial score (nSPS) is 10.6. The molecule has 0 aliphatic heterocycles. The molecule has 0 atom stereocenters. The number of hydrogen-bond donors (Lipinski definition) is 1. The van der Waals surface area contributed by atoms with E-state index in [1.54, 1.807) is 0 Å². The topological polar surface area (TPSA) is 43.8 Å². The van der Waals surface area contributed by atoms with Gasteiger partial charge in [0.25, 0.3) is 0 Å². The van der Waals surface area contributed by atoms with E-state index in [0.29, 0.717) is 6.54 Å². The predicted octanol–water partition coefficient (Wildman–Crippen LogP) is 3.00. The van der Waals surface area contributed by atoms with E-state index in [2.05, 4.69) is 23.2 Å². The summed E-state index contributed by atoms with van der Waals surface area (Å²) in [6.07, 6.45) is 5.88. The number of hydrogen-bond acceptors (Lipinski definition) is 2. The first-order valence-corrected chi connectivity index (χ1v) is 6.25. The second-order valence-corrected chi connectivity index (χ2v) is 4.40. The third-order valence-corrected chi connectivity index (χ3v) is 3.11. The molecule has 2 heterocycles. The zero-order valence-electron chi connectivity index (χ0n) is 10.5. The average molecular weight is 249 g/mol. The van der Waals surface area contributed by atoms with Gasteiger partial charge in [0, 0.05) is 30.7 Å². The lowest BCUT2D eigenvalue weighted by Gasteiger charge is -2.04. The molecule has 19 heavy (non-hydrogen) atoms. The Morgan fingerprint density at radius 3 is 2.42 bits per heavy atom. The van der Waals surface area contributed by atoms with Crippen LogP contribution in [0.4, 0.5) is 0 Å². The van der Waals surface area contributed by atoms with E-state index < -0.39 is 0 Å². The van der Waals surface area contributed by atoms with Gasteiger partial charge in [0.15, 0.2) is 0 Å². The predicted molar refractivity (Wildman–Crippen MR) is 76.9 cm³/mol. The molecule has 0 aliphatic carbocycles. The molecule has 0 unspecified atom stereocenters. The maximum atomic E-state index is 5.61. The third-order valence-electron chi connectivity index (χ3n) is 3.11. The van der Waals surface area contributed by atoms with Crippen molar-refractivity contribution >= 4 is 0 Å². The van der Waals surface area contributed by atoms with Crippen molar-refractivity contribution in [3.8, 4) is 16.9 Å². The Labute approximate surface area is 112 Å². The van der Waals surface area contributed by atoms with E-state index in [4.69, 9.17) is 5.73 Å². The van der Waals surface area contributed by atoms with Gasteiger partial charge < -0.3 is 10.3 Å². The molecule has 0 radical (unpaired) electrons. The second kappa shape index (κ2) is 5.08. The Bertz CT molecular complexity index is 654. The zero-order chi connectivity index (χ0) is 13.1. The molecule has 0 aliphatic rings. The first kappa shape index (κ1) is 11.7. The Morgan fingerprint density at radius 2 is 1.79 bits per heavy atom. The van der Waals surface area contributed by atoms with E-state index in [-0.39, 0.29) is 0 Å². The maximum absolute atomic E-state index is 5.61. The number of nitrogens with two attached hydrogens (primary N) is 1. The number of pyridine rings is 1. The van der Waals surface area contributed by atoms with Crippen LogP contribution >= 0.6 is 0 Å². The van der Waals surface area contributed by atoms with Crippen LogP contribution in [0.25, 0.3) is 16.9 Å². The van der Waals surface area contributed by atoms with Gasteiger partial charge in [-0.1, -0.05) is 30.3 Å². The molecular weight excluding hydrogens is 234 g/mol. The van der Waals surface area contributed by atoms with E-state index in [0.717, 1.165) is 16.9 Å². The van der Waals surface area contributed by atoms with Gasteiger partial charge in [0.1, 0.15) is 5.82 Å². The van der Waals surface area contributed by atoms with Crippen molar-refractivity contribution in [3.63, 3.8) is 0 Å². The fraction of sp³-hybridized carbons (Fsp3) is 0.0625. The second-order valence-electron chi connectivity index (χ2n) is 4.40. The number of rotatable bonds is 3. The van der Waals surface area contributed by atoms with Crippen LogP contribution in [0.1, 0.15) is 5.56 Å². The monoisotopic (exact) mass is 249 g/mol. The lowest BCUT2D eigenvalue weighted by Crippen LogP contribution is -1.96. The van der Waals surface area contributed by atoms with Gasteiger partial charge in [-0.3, -0.25) is 0 Å². The maximum Gasteiger partial charge on any atom is 0.136 e. The van der Waals surface area contributed by atoms with Crippen LogP contribution in [0.15, 0.2) is 67.1 Å². The van der Waals surface area contributed by atoms with E-state index >= 15 is 0 Å². The number of nitrogens with zero attached hydrogens (tertiary/aromatic N) is 2. The van der Waals surface area contributed by atoms with Crippen molar-refractivity contribution in [2.45, 2.75) is 6.54 Å². The molecule has 3 nitrogen and oxygen atoms in total. The van der Waals surface area contributed by atoms with Crippen LogP contribution in [0.2, 0.25) is 0 Å². The molecule has 0 amide bonds. The summed E-state index contributed by atoms with van der Waals surface area (Å²) in [6, 6.07) is 16.3. The lowest BCUT2D eigenvalue weighted by molar-refractivity contribution is 0.990. The number of benzene rings is 1. The Balaban J connectivity index is 1.90. The minimum Gasteiger partial charge on any atom is -0.326 e. The van der Waals surface area contributed by atoms with Crippen molar-refractivity contribution in [1.29, 1.82) is 0 Å². The molecule has 94 valence electrons. The summed E-state index contributed by atoms with van der Waals surface area (Å²) in [4.78, 5) is 4.50. The fourth-order valence-corrected chi connectivity index (χ4v) is 2.04. The van der Waals surface area contributed by atoms with Gasteiger partial charge in [0.05, 0.1) is 0 Å². The fourth-order valence-electron chi connectivity index (χ4n) is 2.04. The molecule has 0 spiro atoms. The molecule has 0 saturated heterocycles. The van der Waals surface area contributed by atoms with Gasteiger partial charge in [0.2, 0.25) is 0 Å². The molecular formula is C16H15N3. The van der Waals surface area contributed by atoms with Gasteiger partial charge in [-0.25, -0.2) is 4.98 Å².